The average molecular weight is 308 g/mol. The maximum atomic E-state index is 10.7. The van der Waals surface area contributed by atoms with Gasteiger partial charge in [0, 0.05) is 17.5 Å². The summed E-state index contributed by atoms with van der Waals surface area (Å²) in [4.78, 5) is 2.16. The number of halogens is 1. The van der Waals surface area contributed by atoms with Gasteiger partial charge in [0.1, 0.15) is 0 Å². The molecule has 0 aromatic heterocycles. The van der Waals surface area contributed by atoms with E-state index < -0.39 is 5.60 Å². The fourth-order valence-electron chi connectivity index (χ4n) is 3.45. The van der Waals surface area contributed by atoms with Crippen LogP contribution in [0.25, 0.3) is 0 Å². The van der Waals surface area contributed by atoms with Crippen LogP contribution in [-0.4, -0.2) is 36.2 Å². The first kappa shape index (κ1) is 16.5. The minimum atomic E-state index is -0.708. The van der Waals surface area contributed by atoms with Crippen LogP contribution in [0.3, 0.4) is 0 Å². The van der Waals surface area contributed by atoms with Crippen LogP contribution in [0.5, 0.6) is 0 Å². The van der Waals surface area contributed by atoms with Crippen molar-refractivity contribution >= 4 is 11.6 Å². The van der Waals surface area contributed by atoms with Crippen molar-refractivity contribution in [1.29, 1.82) is 0 Å². The molecule has 1 aliphatic rings. The van der Waals surface area contributed by atoms with E-state index in [1.54, 1.807) is 6.08 Å². The lowest BCUT2D eigenvalue weighted by atomic mass is 9.69. The zero-order valence-electron chi connectivity index (χ0n) is 13.1. The second kappa shape index (κ2) is 6.95. The number of nitrogens with zero attached hydrogens (tertiary/aromatic N) is 1. The summed E-state index contributed by atoms with van der Waals surface area (Å²) in [6, 6.07) is 8.13. The highest BCUT2D eigenvalue weighted by Crippen LogP contribution is 2.39. The molecule has 0 aliphatic heterocycles. The summed E-state index contributed by atoms with van der Waals surface area (Å²) in [6.45, 7) is 4.75. The monoisotopic (exact) mass is 307 g/mol. The summed E-state index contributed by atoms with van der Waals surface area (Å²) >= 11 is 5.94. The predicted molar refractivity (Wildman–Crippen MR) is 89.7 cm³/mol. The fraction of sp³-hybridized carbons (Fsp3) is 0.556. The van der Waals surface area contributed by atoms with Crippen LogP contribution in [0.2, 0.25) is 5.02 Å². The van der Waals surface area contributed by atoms with Gasteiger partial charge < -0.3 is 10.0 Å². The molecular weight excluding hydrogens is 282 g/mol. The molecule has 1 aromatic rings. The molecule has 3 heteroatoms. The van der Waals surface area contributed by atoms with E-state index in [9.17, 15) is 5.11 Å². The molecule has 0 saturated heterocycles. The van der Waals surface area contributed by atoms with Gasteiger partial charge in [0.2, 0.25) is 0 Å². The van der Waals surface area contributed by atoms with Crippen molar-refractivity contribution in [2.45, 2.75) is 31.3 Å². The molecule has 2 nitrogen and oxygen atoms in total. The first-order valence-corrected chi connectivity index (χ1v) is 8.06. The molecule has 1 fully saturated rings. The van der Waals surface area contributed by atoms with Crippen LogP contribution in [0.4, 0.5) is 0 Å². The molecule has 1 aliphatic carbocycles. The Morgan fingerprint density at radius 2 is 2.05 bits per heavy atom. The Morgan fingerprint density at radius 1 is 1.38 bits per heavy atom. The Morgan fingerprint density at radius 3 is 2.62 bits per heavy atom. The van der Waals surface area contributed by atoms with Crippen molar-refractivity contribution in [2.75, 3.05) is 20.6 Å². The van der Waals surface area contributed by atoms with Crippen molar-refractivity contribution in [3.05, 3.63) is 47.5 Å². The lowest BCUT2D eigenvalue weighted by Crippen LogP contribution is -2.46. The van der Waals surface area contributed by atoms with E-state index in [4.69, 9.17) is 11.6 Å². The summed E-state index contributed by atoms with van der Waals surface area (Å²) in [5, 5.41) is 11.5. The number of hydrogen-bond donors (Lipinski definition) is 1. The normalized spacial score (nSPS) is 29.6. The number of hydrogen-bond acceptors (Lipinski definition) is 2. The van der Waals surface area contributed by atoms with E-state index in [-0.39, 0.29) is 5.92 Å². The van der Waals surface area contributed by atoms with E-state index in [1.165, 1.54) is 5.56 Å². The lowest BCUT2D eigenvalue weighted by Gasteiger charge is -2.42. The summed E-state index contributed by atoms with van der Waals surface area (Å²) < 4.78 is 0. The third-order valence-electron chi connectivity index (χ3n) is 4.65. The third-order valence-corrected chi connectivity index (χ3v) is 4.91. The Hall–Kier alpha value is -0.830. The van der Waals surface area contributed by atoms with E-state index in [0.717, 1.165) is 37.3 Å². The topological polar surface area (TPSA) is 23.5 Å². The van der Waals surface area contributed by atoms with Crippen LogP contribution in [0.15, 0.2) is 36.9 Å². The average Bonchev–Trinajstić information content (AvgIpc) is 2.45. The summed E-state index contributed by atoms with van der Waals surface area (Å²) in [6.07, 6.45) is 5.72. The molecule has 116 valence electrons. The van der Waals surface area contributed by atoms with Gasteiger partial charge >= 0.3 is 0 Å². The van der Waals surface area contributed by atoms with Crippen LogP contribution < -0.4 is 0 Å². The first-order chi connectivity index (χ1) is 9.93. The molecule has 2 rings (SSSR count). The molecule has 21 heavy (non-hydrogen) atoms. The highest BCUT2D eigenvalue weighted by Gasteiger charge is 2.39. The number of benzene rings is 1. The molecule has 0 radical (unpaired) electrons. The molecule has 1 aromatic carbocycles. The molecule has 0 heterocycles. The van der Waals surface area contributed by atoms with Gasteiger partial charge in [0.15, 0.2) is 0 Å². The quantitative estimate of drug-likeness (QED) is 0.837. The van der Waals surface area contributed by atoms with E-state index in [2.05, 4.69) is 37.7 Å². The molecule has 0 amide bonds. The van der Waals surface area contributed by atoms with Gasteiger partial charge in [0.25, 0.3) is 0 Å². The van der Waals surface area contributed by atoms with Gasteiger partial charge in [-0.25, -0.2) is 0 Å². The lowest BCUT2D eigenvalue weighted by molar-refractivity contribution is -0.0298. The molecule has 0 spiro atoms. The zero-order valence-corrected chi connectivity index (χ0v) is 13.8. The maximum Gasteiger partial charge on any atom is 0.0865 e. The van der Waals surface area contributed by atoms with Gasteiger partial charge in [-0.3, -0.25) is 0 Å². The van der Waals surface area contributed by atoms with Crippen LogP contribution in [0, 0.1) is 11.8 Å². The molecule has 3 unspecified atom stereocenters. The van der Waals surface area contributed by atoms with Crippen LogP contribution in [-0.2, 0) is 6.42 Å². The largest absolute Gasteiger partial charge is 0.385 e. The Kier molecular flexibility index (Phi) is 5.48. The van der Waals surface area contributed by atoms with E-state index in [1.807, 2.05) is 12.1 Å². The second-order valence-corrected chi connectivity index (χ2v) is 7.06. The Labute approximate surface area is 133 Å². The highest BCUT2D eigenvalue weighted by atomic mass is 35.5. The molecule has 0 bridgehead atoms. The Bertz CT molecular complexity index is 471. The van der Waals surface area contributed by atoms with Crippen molar-refractivity contribution in [2.24, 2.45) is 11.8 Å². The van der Waals surface area contributed by atoms with Crippen LogP contribution >= 0.6 is 11.6 Å². The smallest absolute Gasteiger partial charge is 0.0865 e. The molecule has 3 atom stereocenters. The standard InChI is InChI=1S/C18H26ClNO/c1-4-18(21)10-9-15(12-16(18)13-20(2)3)11-14-5-7-17(19)8-6-14/h4-8,15-16,21H,1,9-13H2,2-3H3. The van der Waals surface area contributed by atoms with Crippen molar-refractivity contribution < 1.29 is 5.11 Å². The first-order valence-electron chi connectivity index (χ1n) is 7.68. The zero-order chi connectivity index (χ0) is 15.5. The summed E-state index contributed by atoms with van der Waals surface area (Å²) in [7, 11) is 4.12. The van der Waals surface area contributed by atoms with Gasteiger partial charge in [-0.15, -0.1) is 6.58 Å². The molecular formula is C18H26ClNO. The van der Waals surface area contributed by atoms with Gasteiger partial charge in [-0.1, -0.05) is 29.8 Å². The second-order valence-electron chi connectivity index (χ2n) is 6.63. The molecule has 1 saturated carbocycles. The van der Waals surface area contributed by atoms with Crippen molar-refractivity contribution in [3.8, 4) is 0 Å². The van der Waals surface area contributed by atoms with Gasteiger partial charge in [0.05, 0.1) is 5.60 Å². The fourth-order valence-corrected chi connectivity index (χ4v) is 3.57. The Balaban J connectivity index is 2.03. The minimum Gasteiger partial charge on any atom is -0.385 e. The van der Waals surface area contributed by atoms with Crippen molar-refractivity contribution in [1.82, 2.24) is 4.90 Å². The third kappa shape index (κ3) is 4.32. The van der Waals surface area contributed by atoms with Gasteiger partial charge in [-0.2, -0.15) is 0 Å². The minimum absolute atomic E-state index is 0.260. The van der Waals surface area contributed by atoms with E-state index in [0.29, 0.717) is 5.92 Å². The maximum absolute atomic E-state index is 10.7. The summed E-state index contributed by atoms with van der Waals surface area (Å²) in [5.41, 5.74) is 0.623. The highest BCUT2D eigenvalue weighted by molar-refractivity contribution is 6.30. The SMILES string of the molecule is C=CC1(O)CCC(Cc2ccc(Cl)cc2)CC1CN(C)C. The molecule has 1 N–H and O–H groups in total. The predicted octanol–water partition coefficient (Wildman–Crippen LogP) is 3.78. The summed E-state index contributed by atoms with van der Waals surface area (Å²) in [5.74, 6) is 0.882. The van der Waals surface area contributed by atoms with Gasteiger partial charge in [-0.05, 0) is 63.4 Å². The van der Waals surface area contributed by atoms with Crippen molar-refractivity contribution in [3.63, 3.8) is 0 Å². The van der Waals surface area contributed by atoms with Crippen LogP contribution in [0.1, 0.15) is 24.8 Å². The van der Waals surface area contributed by atoms with E-state index >= 15 is 0 Å². The number of aliphatic hydroxyl groups is 1. The number of rotatable bonds is 5.